The Morgan fingerprint density at radius 3 is 2.61 bits per heavy atom. The molecule has 0 radical (unpaired) electrons. The second-order valence-corrected chi connectivity index (χ2v) is 4.91. The van der Waals surface area contributed by atoms with E-state index in [1.807, 2.05) is 0 Å². The van der Waals surface area contributed by atoms with Gasteiger partial charge in [0.15, 0.2) is 0 Å². The number of rotatable bonds is 5. The molecule has 1 unspecified atom stereocenters. The maximum absolute atomic E-state index is 12.0. The number of methoxy groups -OCH3 is 1. The predicted octanol–water partition coefficient (Wildman–Crippen LogP) is -0.439. The molecule has 102 valence electrons. The van der Waals surface area contributed by atoms with E-state index in [-0.39, 0.29) is 23.9 Å². The Hall–Kier alpha value is -1.14. The second kappa shape index (κ2) is 5.67. The highest BCUT2D eigenvalue weighted by atomic mass is 16.5. The molecule has 3 N–H and O–H groups in total. The van der Waals surface area contributed by atoms with Crippen molar-refractivity contribution in [3.63, 3.8) is 0 Å². The van der Waals surface area contributed by atoms with Gasteiger partial charge in [-0.25, -0.2) is 4.79 Å². The van der Waals surface area contributed by atoms with Crippen LogP contribution >= 0.6 is 0 Å². The van der Waals surface area contributed by atoms with E-state index in [0.29, 0.717) is 13.0 Å². The Balaban J connectivity index is 1.87. The highest BCUT2D eigenvalue weighted by Gasteiger charge is 2.40. The normalized spacial score (nSPS) is 28.8. The largest absolute Gasteiger partial charge is 0.467 e. The molecule has 1 aliphatic carbocycles. The molecule has 0 bridgehead atoms. The molecule has 0 aromatic rings. The van der Waals surface area contributed by atoms with Gasteiger partial charge in [0.1, 0.15) is 12.1 Å². The van der Waals surface area contributed by atoms with Gasteiger partial charge in [-0.05, 0) is 31.6 Å². The van der Waals surface area contributed by atoms with Gasteiger partial charge in [0, 0.05) is 6.54 Å². The fourth-order valence-electron chi connectivity index (χ4n) is 2.24. The zero-order chi connectivity index (χ0) is 13.1. The van der Waals surface area contributed by atoms with Gasteiger partial charge in [-0.15, -0.1) is 0 Å². The predicted molar refractivity (Wildman–Crippen MR) is 63.6 cm³/mol. The van der Waals surface area contributed by atoms with Crippen LogP contribution in [0.3, 0.4) is 0 Å². The fourth-order valence-corrected chi connectivity index (χ4v) is 2.24. The lowest BCUT2D eigenvalue weighted by molar-refractivity contribution is -0.147. The zero-order valence-corrected chi connectivity index (χ0v) is 10.6. The van der Waals surface area contributed by atoms with Gasteiger partial charge in [-0.3, -0.25) is 4.79 Å². The van der Waals surface area contributed by atoms with Crippen molar-refractivity contribution >= 4 is 11.9 Å². The van der Waals surface area contributed by atoms with E-state index < -0.39 is 12.1 Å². The minimum atomic E-state index is -0.525. The minimum Gasteiger partial charge on any atom is -0.467 e. The molecule has 0 aromatic heterocycles. The standard InChI is InChI=1S/C12H20N2O4/c1-17-12(16)10(7-2-3-7)14-11(15)9-5-4-8(6-13)18-9/h7-10H,2-6,13H2,1H3,(H,14,15)/t8-,9+,10?/m1/s1. The molecular formula is C12H20N2O4. The van der Waals surface area contributed by atoms with E-state index in [2.05, 4.69) is 5.32 Å². The Morgan fingerprint density at radius 1 is 1.39 bits per heavy atom. The molecule has 0 spiro atoms. The summed E-state index contributed by atoms with van der Waals surface area (Å²) < 4.78 is 10.2. The molecule has 6 heteroatoms. The van der Waals surface area contributed by atoms with E-state index in [1.54, 1.807) is 0 Å². The van der Waals surface area contributed by atoms with Crippen molar-refractivity contribution in [3.8, 4) is 0 Å². The molecule has 6 nitrogen and oxygen atoms in total. The first kappa shape index (κ1) is 13.3. The Bertz CT molecular complexity index is 330. The molecular weight excluding hydrogens is 236 g/mol. The van der Waals surface area contributed by atoms with Crippen molar-refractivity contribution in [1.29, 1.82) is 0 Å². The van der Waals surface area contributed by atoms with Crippen molar-refractivity contribution in [2.24, 2.45) is 11.7 Å². The summed E-state index contributed by atoms with van der Waals surface area (Å²) in [6.07, 6.45) is 2.84. The van der Waals surface area contributed by atoms with Gasteiger partial charge in [0.2, 0.25) is 5.91 Å². The number of hydrogen-bond donors (Lipinski definition) is 2. The highest BCUT2D eigenvalue weighted by Crippen LogP contribution is 2.33. The van der Waals surface area contributed by atoms with E-state index in [0.717, 1.165) is 19.3 Å². The number of esters is 1. The molecule has 0 aromatic carbocycles. The van der Waals surface area contributed by atoms with Crippen LogP contribution in [0.2, 0.25) is 0 Å². The molecule has 1 amide bonds. The molecule has 1 saturated heterocycles. The maximum atomic E-state index is 12.0. The molecule has 2 rings (SSSR count). The minimum absolute atomic E-state index is 0.0433. The highest BCUT2D eigenvalue weighted by molar-refractivity contribution is 5.87. The smallest absolute Gasteiger partial charge is 0.328 e. The number of carbonyl (C=O) groups excluding carboxylic acids is 2. The van der Waals surface area contributed by atoms with Crippen molar-refractivity contribution in [2.75, 3.05) is 13.7 Å². The van der Waals surface area contributed by atoms with Crippen LogP contribution in [0.4, 0.5) is 0 Å². The van der Waals surface area contributed by atoms with Gasteiger partial charge in [0.25, 0.3) is 0 Å². The summed E-state index contributed by atoms with van der Waals surface area (Å²) in [5.41, 5.74) is 5.49. The molecule has 3 atom stereocenters. The van der Waals surface area contributed by atoms with Crippen molar-refractivity contribution < 1.29 is 19.1 Å². The van der Waals surface area contributed by atoms with Crippen molar-refractivity contribution in [2.45, 2.75) is 43.9 Å². The third kappa shape index (κ3) is 3.00. The monoisotopic (exact) mass is 256 g/mol. The summed E-state index contributed by atoms with van der Waals surface area (Å²) in [6, 6.07) is -0.525. The Kier molecular flexibility index (Phi) is 4.19. The molecule has 2 fully saturated rings. The molecule has 1 saturated carbocycles. The van der Waals surface area contributed by atoms with Crippen LogP contribution in [-0.2, 0) is 19.1 Å². The summed E-state index contributed by atoms with van der Waals surface area (Å²) in [6.45, 7) is 0.423. The summed E-state index contributed by atoms with van der Waals surface area (Å²) >= 11 is 0. The first-order valence-electron chi connectivity index (χ1n) is 6.39. The zero-order valence-electron chi connectivity index (χ0n) is 10.6. The number of ether oxygens (including phenoxy) is 2. The van der Waals surface area contributed by atoms with Crippen LogP contribution in [0.1, 0.15) is 25.7 Å². The first-order valence-corrected chi connectivity index (χ1v) is 6.39. The summed E-state index contributed by atoms with van der Waals surface area (Å²) in [7, 11) is 1.33. The van der Waals surface area contributed by atoms with Crippen LogP contribution in [-0.4, -0.2) is 43.8 Å². The molecule has 1 heterocycles. The lowest BCUT2D eigenvalue weighted by Crippen LogP contribution is -2.47. The number of hydrogen-bond acceptors (Lipinski definition) is 5. The van der Waals surface area contributed by atoms with Crippen LogP contribution in [0.5, 0.6) is 0 Å². The van der Waals surface area contributed by atoms with Crippen LogP contribution in [0, 0.1) is 5.92 Å². The average Bonchev–Trinajstić information content (AvgIpc) is 3.11. The second-order valence-electron chi connectivity index (χ2n) is 4.91. The van der Waals surface area contributed by atoms with Crippen LogP contribution in [0.15, 0.2) is 0 Å². The number of carbonyl (C=O) groups is 2. The van der Waals surface area contributed by atoms with Gasteiger partial charge in [-0.1, -0.05) is 0 Å². The molecule has 18 heavy (non-hydrogen) atoms. The molecule has 2 aliphatic rings. The third-order valence-electron chi connectivity index (χ3n) is 3.51. The maximum Gasteiger partial charge on any atom is 0.328 e. The van der Waals surface area contributed by atoms with Gasteiger partial charge < -0.3 is 20.5 Å². The topological polar surface area (TPSA) is 90.7 Å². The summed E-state index contributed by atoms with van der Waals surface area (Å²) in [5, 5.41) is 2.74. The summed E-state index contributed by atoms with van der Waals surface area (Å²) in [5.74, 6) is -0.388. The third-order valence-corrected chi connectivity index (χ3v) is 3.51. The van der Waals surface area contributed by atoms with Crippen LogP contribution in [0.25, 0.3) is 0 Å². The summed E-state index contributed by atoms with van der Waals surface area (Å²) in [4.78, 5) is 23.6. The van der Waals surface area contributed by atoms with E-state index in [1.165, 1.54) is 7.11 Å². The van der Waals surface area contributed by atoms with Gasteiger partial charge in [0.05, 0.1) is 13.2 Å². The lowest BCUT2D eigenvalue weighted by atomic mass is 10.1. The Morgan fingerprint density at radius 2 is 2.11 bits per heavy atom. The van der Waals surface area contributed by atoms with E-state index in [9.17, 15) is 9.59 Å². The quantitative estimate of drug-likeness (QED) is 0.651. The number of nitrogens with two attached hydrogens (primary N) is 1. The number of nitrogens with one attached hydrogen (secondary N) is 1. The number of amides is 1. The van der Waals surface area contributed by atoms with Gasteiger partial charge in [-0.2, -0.15) is 0 Å². The lowest BCUT2D eigenvalue weighted by Gasteiger charge is -2.18. The Labute approximate surface area is 106 Å². The van der Waals surface area contributed by atoms with Gasteiger partial charge >= 0.3 is 5.97 Å². The van der Waals surface area contributed by atoms with Crippen molar-refractivity contribution in [1.82, 2.24) is 5.32 Å². The van der Waals surface area contributed by atoms with E-state index in [4.69, 9.17) is 15.2 Å². The molecule has 1 aliphatic heterocycles. The van der Waals surface area contributed by atoms with Crippen LogP contribution < -0.4 is 11.1 Å². The first-order chi connectivity index (χ1) is 8.65. The SMILES string of the molecule is COC(=O)C(NC(=O)[C@@H]1CC[C@H](CN)O1)C1CC1. The fraction of sp³-hybridized carbons (Fsp3) is 0.833. The average molecular weight is 256 g/mol. The van der Waals surface area contributed by atoms with Crippen molar-refractivity contribution in [3.05, 3.63) is 0 Å². The van der Waals surface area contributed by atoms with E-state index >= 15 is 0 Å².